The van der Waals surface area contributed by atoms with Gasteiger partial charge in [-0.05, 0) is 38.4 Å². The summed E-state index contributed by atoms with van der Waals surface area (Å²) in [6, 6.07) is 7.52. The van der Waals surface area contributed by atoms with Crippen molar-refractivity contribution >= 4 is 20.0 Å². The summed E-state index contributed by atoms with van der Waals surface area (Å²) in [7, 11) is -6.00. The Labute approximate surface area is 233 Å². The van der Waals surface area contributed by atoms with E-state index in [9.17, 15) is 21.9 Å². The van der Waals surface area contributed by atoms with E-state index in [-0.39, 0.29) is 29.0 Å². The third-order valence-electron chi connectivity index (χ3n) is 7.32. The lowest BCUT2D eigenvalue weighted by atomic mass is 9.88. The second-order valence-corrected chi connectivity index (χ2v) is 13.9. The van der Waals surface area contributed by atoms with Crippen molar-refractivity contribution < 1.29 is 40.9 Å². The third kappa shape index (κ3) is 6.35. The fourth-order valence-corrected chi connectivity index (χ4v) is 7.23. The van der Waals surface area contributed by atoms with Crippen LogP contribution in [0.2, 0.25) is 0 Å². The molecular weight excluding hydrogens is 564 g/mol. The average molecular weight is 599 g/mol. The molecule has 220 valence electrons. The van der Waals surface area contributed by atoms with Gasteiger partial charge in [0.05, 0.1) is 23.3 Å². The van der Waals surface area contributed by atoms with Crippen LogP contribution in [0.1, 0.15) is 19.3 Å². The zero-order valence-electron chi connectivity index (χ0n) is 22.1. The van der Waals surface area contributed by atoms with Crippen molar-refractivity contribution in [3.63, 3.8) is 0 Å². The quantitative estimate of drug-likeness (QED) is 0.340. The first-order valence-corrected chi connectivity index (χ1v) is 16.0. The average Bonchev–Trinajstić information content (AvgIpc) is 3.37. The largest absolute Gasteiger partial charge is 0.491 e. The van der Waals surface area contributed by atoms with Gasteiger partial charge in [-0.15, -0.1) is 0 Å². The molecule has 1 aromatic heterocycles. The Balaban J connectivity index is 1.08. The summed E-state index contributed by atoms with van der Waals surface area (Å²) in [6.45, 7) is 2.06. The van der Waals surface area contributed by atoms with E-state index in [2.05, 4.69) is 15.0 Å². The molecule has 0 radical (unpaired) electrons. The van der Waals surface area contributed by atoms with Crippen molar-refractivity contribution in [2.45, 2.75) is 46.8 Å². The fraction of sp³-hybridized carbons (Fsp3) is 0.560. The van der Waals surface area contributed by atoms with E-state index in [1.165, 1.54) is 35.7 Å². The lowest BCUT2D eigenvalue weighted by molar-refractivity contribution is -0.0312. The van der Waals surface area contributed by atoms with Gasteiger partial charge in [-0.25, -0.2) is 26.5 Å². The molecule has 1 unspecified atom stereocenters. The van der Waals surface area contributed by atoms with E-state index < -0.39 is 31.8 Å². The van der Waals surface area contributed by atoms with Crippen LogP contribution in [0.15, 0.2) is 46.3 Å². The van der Waals surface area contributed by atoms with Crippen LogP contribution < -0.4 is 24.2 Å². The van der Waals surface area contributed by atoms with E-state index in [1.54, 1.807) is 12.1 Å². The molecule has 3 N–H and O–H groups in total. The Hall–Kier alpha value is -2.53. The molecule has 2 atom stereocenters. The van der Waals surface area contributed by atoms with Gasteiger partial charge < -0.3 is 29.4 Å². The van der Waals surface area contributed by atoms with E-state index in [0.717, 1.165) is 0 Å². The number of aliphatic hydroxyl groups is 1. The molecule has 4 heterocycles. The van der Waals surface area contributed by atoms with E-state index >= 15 is 0 Å². The van der Waals surface area contributed by atoms with E-state index in [4.69, 9.17) is 18.9 Å². The number of benzene rings is 1. The monoisotopic (exact) mass is 598 g/mol. The van der Waals surface area contributed by atoms with Gasteiger partial charge in [-0.1, -0.05) is 6.07 Å². The second kappa shape index (κ2) is 11.8. The molecule has 2 fully saturated rings. The number of aromatic nitrogens is 1. The molecule has 15 heteroatoms. The number of piperidine rings is 1. The Morgan fingerprint density at radius 3 is 2.70 bits per heavy atom. The van der Waals surface area contributed by atoms with Gasteiger partial charge in [-0.3, -0.25) is 0 Å². The minimum absolute atomic E-state index is 0.00361. The van der Waals surface area contributed by atoms with Crippen molar-refractivity contribution in [3.8, 4) is 17.4 Å². The number of pyridine rings is 1. The smallest absolute Gasteiger partial charge is 0.257 e. The standard InChI is InChI=1S/C25H34N4O9S2/c1-26-39(31,32)21-4-2-3-20(11-21)37-17-19(30)14-27-18-13-25(38-16-18)5-7-29(8-6-25)40(33,34)22-12-23-24(28-15-22)36-10-9-35-23/h2-4,11-12,15,18-19,26-27,30H,5-10,13-14,16-17H2,1H3/t18-,19?/m1/s1. The zero-order chi connectivity index (χ0) is 28.4. The van der Waals surface area contributed by atoms with Crippen molar-refractivity contribution in [2.24, 2.45) is 0 Å². The highest BCUT2D eigenvalue weighted by Gasteiger charge is 2.45. The van der Waals surface area contributed by atoms with Gasteiger partial charge in [0, 0.05) is 37.8 Å². The molecule has 13 nitrogen and oxygen atoms in total. The topological polar surface area (TPSA) is 166 Å². The minimum Gasteiger partial charge on any atom is -0.491 e. The van der Waals surface area contributed by atoms with Gasteiger partial charge in [0.2, 0.25) is 20.0 Å². The van der Waals surface area contributed by atoms with E-state index in [1.807, 2.05) is 0 Å². The summed E-state index contributed by atoms with van der Waals surface area (Å²) in [4.78, 5) is 4.26. The van der Waals surface area contributed by atoms with Gasteiger partial charge in [-0.2, -0.15) is 4.31 Å². The zero-order valence-corrected chi connectivity index (χ0v) is 23.7. The molecule has 2 saturated heterocycles. The highest BCUT2D eigenvalue weighted by atomic mass is 32.2. The fourth-order valence-electron chi connectivity index (χ4n) is 5.07. The molecule has 0 aliphatic carbocycles. The number of nitrogens with zero attached hydrogens (tertiary/aromatic N) is 2. The predicted molar refractivity (Wildman–Crippen MR) is 142 cm³/mol. The Bertz CT molecular complexity index is 1410. The molecule has 1 aromatic carbocycles. The molecule has 3 aliphatic heterocycles. The van der Waals surface area contributed by atoms with Gasteiger partial charge in [0.1, 0.15) is 36.6 Å². The summed E-state index contributed by atoms with van der Waals surface area (Å²) in [5.41, 5.74) is -0.421. The van der Waals surface area contributed by atoms with Crippen molar-refractivity contribution in [1.29, 1.82) is 0 Å². The van der Waals surface area contributed by atoms with Crippen LogP contribution in [0.5, 0.6) is 17.4 Å². The molecule has 2 aromatic rings. The minimum atomic E-state index is -3.74. The summed E-state index contributed by atoms with van der Waals surface area (Å²) in [5, 5.41) is 13.7. The number of hydrogen-bond acceptors (Lipinski definition) is 11. The maximum atomic E-state index is 13.2. The van der Waals surface area contributed by atoms with Crippen LogP contribution in [-0.4, -0.2) is 102 Å². The summed E-state index contributed by atoms with van der Waals surface area (Å²) in [6.07, 6.45) is 2.28. The molecule has 3 aliphatic rings. The maximum absolute atomic E-state index is 13.2. The number of nitrogens with one attached hydrogen (secondary N) is 2. The number of fused-ring (bicyclic) bond motifs is 1. The molecule has 1 spiro atoms. The lowest BCUT2D eigenvalue weighted by Crippen LogP contribution is -2.47. The highest BCUT2D eigenvalue weighted by Crippen LogP contribution is 2.38. The molecule has 0 saturated carbocycles. The Morgan fingerprint density at radius 1 is 1.15 bits per heavy atom. The van der Waals surface area contributed by atoms with Gasteiger partial charge in [0.15, 0.2) is 5.75 Å². The molecule has 40 heavy (non-hydrogen) atoms. The first-order chi connectivity index (χ1) is 19.1. The molecule has 0 amide bonds. The van der Waals surface area contributed by atoms with Crippen LogP contribution in [0.25, 0.3) is 0 Å². The van der Waals surface area contributed by atoms with Crippen LogP contribution in [0.3, 0.4) is 0 Å². The van der Waals surface area contributed by atoms with E-state index in [0.29, 0.717) is 69.6 Å². The predicted octanol–water partition coefficient (Wildman–Crippen LogP) is 0.103. The third-order valence-corrected chi connectivity index (χ3v) is 10.6. The Morgan fingerprint density at radius 2 is 1.93 bits per heavy atom. The summed E-state index contributed by atoms with van der Waals surface area (Å²) >= 11 is 0. The number of sulfonamides is 2. The van der Waals surface area contributed by atoms with Crippen molar-refractivity contribution in [2.75, 3.05) is 53.1 Å². The number of rotatable bonds is 10. The SMILES string of the molecule is CNS(=O)(=O)c1cccc(OCC(O)CN[C@H]2COC3(CCN(S(=O)(=O)c4cnc5c(c4)OCCO5)CC3)C2)c1. The van der Waals surface area contributed by atoms with Crippen LogP contribution in [-0.2, 0) is 24.8 Å². The van der Waals surface area contributed by atoms with Crippen LogP contribution in [0.4, 0.5) is 0 Å². The number of ether oxygens (including phenoxy) is 4. The number of aliphatic hydroxyl groups excluding tert-OH is 1. The molecule has 5 rings (SSSR count). The summed E-state index contributed by atoms with van der Waals surface area (Å²) < 4.78 is 76.7. The van der Waals surface area contributed by atoms with Crippen molar-refractivity contribution in [3.05, 3.63) is 36.5 Å². The van der Waals surface area contributed by atoms with Crippen LogP contribution >= 0.6 is 0 Å². The number of hydrogen-bond donors (Lipinski definition) is 3. The Kier molecular flexibility index (Phi) is 8.52. The normalized spacial score (nSPS) is 21.8. The van der Waals surface area contributed by atoms with Gasteiger partial charge >= 0.3 is 0 Å². The lowest BCUT2D eigenvalue weighted by Gasteiger charge is -2.38. The van der Waals surface area contributed by atoms with Gasteiger partial charge in [0.25, 0.3) is 5.88 Å². The molecular formula is C25H34N4O9S2. The highest BCUT2D eigenvalue weighted by molar-refractivity contribution is 7.89. The first-order valence-electron chi connectivity index (χ1n) is 13.1. The maximum Gasteiger partial charge on any atom is 0.257 e. The van der Waals surface area contributed by atoms with Crippen LogP contribution in [0, 0.1) is 0 Å². The molecule has 0 bridgehead atoms. The van der Waals surface area contributed by atoms with Crippen molar-refractivity contribution in [1.82, 2.24) is 19.3 Å². The first kappa shape index (κ1) is 29.0. The second-order valence-electron chi connectivity index (χ2n) is 10.0. The summed E-state index contributed by atoms with van der Waals surface area (Å²) in [5.74, 6) is 0.968.